The molecule has 102 valence electrons. The van der Waals surface area contributed by atoms with Crippen LogP contribution in [0.5, 0.6) is 5.75 Å². The quantitative estimate of drug-likeness (QED) is 0.859. The van der Waals surface area contributed by atoms with Gasteiger partial charge in [0.25, 0.3) is 0 Å². The summed E-state index contributed by atoms with van der Waals surface area (Å²) in [5.41, 5.74) is 0.597. The Morgan fingerprint density at radius 1 is 1.22 bits per heavy atom. The molecule has 0 aliphatic carbocycles. The molecule has 0 radical (unpaired) electrons. The van der Waals surface area contributed by atoms with E-state index >= 15 is 0 Å². The average Bonchev–Trinajstić information content (AvgIpc) is 2.39. The van der Waals surface area contributed by atoms with Crippen molar-refractivity contribution in [1.82, 2.24) is 0 Å². The summed E-state index contributed by atoms with van der Waals surface area (Å²) in [7, 11) is -1.70. The van der Waals surface area contributed by atoms with Crippen LogP contribution in [0.3, 0.4) is 0 Å². The topological polar surface area (TPSA) is 63.6 Å². The lowest BCUT2D eigenvalue weighted by atomic mass is 10.0. The normalized spacial score (nSPS) is 15.1. The van der Waals surface area contributed by atoms with Crippen LogP contribution in [0.15, 0.2) is 24.3 Å². The third-order valence-corrected chi connectivity index (χ3v) is 5.39. The Morgan fingerprint density at radius 2 is 1.78 bits per heavy atom. The monoisotopic (exact) mass is 272 g/mol. The van der Waals surface area contributed by atoms with Crippen LogP contribution in [-0.2, 0) is 9.84 Å². The first-order valence-electron chi connectivity index (χ1n) is 5.99. The SMILES string of the molecule is CC[C@H]([C@H](O)c1ccc(OC)cc1)S(=O)(=O)CC. The molecule has 4 nitrogen and oxygen atoms in total. The summed E-state index contributed by atoms with van der Waals surface area (Å²) in [5, 5.41) is 9.44. The van der Waals surface area contributed by atoms with Crippen molar-refractivity contribution in [3.05, 3.63) is 29.8 Å². The van der Waals surface area contributed by atoms with Gasteiger partial charge in [0.1, 0.15) is 5.75 Å². The molecule has 0 spiro atoms. The molecule has 1 aromatic carbocycles. The zero-order valence-electron chi connectivity index (χ0n) is 11.0. The van der Waals surface area contributed by atoms with Gasteiger partial charge in [-0.3, -0.25) is 0 Å². The van der Waals surface area contributed by atoms with Crippen LogP contribution < -0.4 is 4.74 Å². The van der Waals surface area contributed by atoms with Crippen LogP contribution in [0, 0.1) is 0 Å². The van der Waals surface area contributed by atoms with Gasteiger partial charge in [0.15, 0.2) is 9.84 Å². The lowest BCUT2D eigenvalue weighted by molar-refractivity contribution is 0.169. The van der Waals surface area contributed by atoms with Crippen molar-refractivity contribution in [3.63, 3.8) is 0 Å². The van der Waals surface area contributed by atoms with Gasteiger partial charge in [-0.15, -0.1) is 0 Å². The van der Waals surface area contributed by atoms with Crippen molar-refractivity contribution in [2.45, 2.75) is 31.6 Å². The Labute approximate surface area is 109 Å². The van der Waals surface area contributed by atoms with E-state index in [4.69, 9.17) is 4.74 Å². The second kappa shape index (κ2) is 6.20. The van der Waals surface area contributed by atoms with Crippen molar-refractivity contribution < 1.29 is 18.3 Å². The number of sulfone groups is 1. The zero-order valence-corrected chi connectivity index (χ0v) is 11.8. The van der Waals surface area contributed by atoms with E-state index in [0.29, 0.717) is 17.7 Å². The molecule has 0 saturated carbocycles. The molecular weight excluding hydrogens is 252 g/mol. The minimum Gasteiger partial charge on any atom is -0.497 e. The molecule has 1 rings (SSSR count). The summed E-state index contributed by atoms with van der Waals surface area (Å²) in [6.45, 7) is 3.36. The van der Waals surface area contributed by atoms with Crippen LogP contribution in [0.25, 0.3) is 0 Å². The van der Waals surface area contributed by atoms with Crippen LogP contribution in [-0.4, -0.2) is 31.6 Å². The van der Waals surface area contributed by atoms with Gasteiger partial charge in [0.05, 0.1) is 18.5 Å². The van der Waals surface area contributed by atoms with Gasteiger partial charge in [-0.05, 0) is 24.1 Å². The first kappa shape index (κ1) is 15.0. The summed E-state index contributed by atoms with van der Waals surface area (Å²) in [6.07, 6.45) is -0.602. The third-order valence-electron chi connectivity index (χ3n) is 3.08. The fourth-order valence-corrected chi connectivity index (χ4v) is 3.39. The Kier molecular flexibility index (Phi) is 5.16. The maximum Gasteiger partial charge on any atom is 0.155 e. The van der Waals surface area contributed by atoms with Gasteiger partial charge in [0.2, 0.25) is 0 Å². The van der Waals surface area contributed by atoms with E-state index in [1.807, 2.05) is 0 Å². The number of aliphatic hydroxyl groups excluding tert-OH is 1. The van der Waals surface area contributed by atoms with Crippen LogP contribution in [0.1, 0.15) is 31.9 Å². The molecule has 0 heterocycles. The Balaban J connectivity index is 3.00. The predicted molar refractivity (Wildman–Crippen MR) is 71.5 cm³/mol. The van der Waals surface area contributed by atoms with Crippen LogP contribution in [0.2, 0.25) is 0 Å². The maximum atomic E-state index is 11.9. The fourth-order valence-electron chi connectivity index (χ4n) is 1.90. The Morgan fingerprint density at radius 3 is 2.17 bits per heavy atom. The third kappa shape index (κ3) is 3.23. The van der Waals surface area contributed by atoms with E-state index in [9.17, 15) is 13.5 Å². The van der Waals surface area contributed by atoms with Gasteiger partial charge in [-0.1, -0.05) is 26.0 Å². The largest absolute Gasteiger partial charge is 0.497 e. The highest BCUT2D eigenvalue weighted by atomic mass is 32.2. The van der Waals surface area contributed by atoms with E-state index < -0.39 is 21.2 Å². The van der Waals surface area contributed by atoms with E-state index in [-0.39, 0.29) is 5.75 Å². The zero-order chi connectivity index (χ0) is 13.8. The van der Waals surface area contributed by atoms with Gasteiger partial charge in [0, 0.05) is 5.75 Å². The average molecular weight is 272 g/mol. The number of aliphatic hydroxyl groups is 1. The van der Waals surface area contributed by atoms with Gasteiger partial charge in [-0.2, -0.15) is 0 Å². The molecule has 0 aliphatic heterocycles. The lowest BCUT2D eigenvalue weighted by Crippen LogP contribution is -2.29. The molecule has 18 heavy (non-hydrogen) atoms. The molecule has 0 amide bonds. The molecule has 0 unspecified atom stereocenters. The molecule has 0 saturated heterocycles. The van der Waals surface area contributed by atoms with Crippen molar-refractivity contribution in [1.29, 1.82) is 0 Å². The van der Waals surface area contributed by atoms with Crippen molar-refractivity contribution >= 4 is 9.84 Å². The molecule has 1 aromatic rings. The Hall–Kier alpha value is -1.07. The van der Waals surface area contributed by atoms with Crippen molar-refractivity contribution in [2.75, 3.05) is 12.9 Å². The van der Waals surface area contributed by atoms with Crippen LogP contribution >= 0.6 is 0 Å². The number of hydrogen-bond acceptors (Lipinski definition) is 4. The summed E-state index contributed by atoms with van der Waals surface area (Å²) in [4.78, 5) is 0. The molecule has 0 fully saturated rings. The van der Waals surface area contributed by atoms with E-state index in [0.717, 1.165) is 0 Å². The summed E-state index contributed by atoms with van der Waals surface area (Å²) in [5.74, 6) is 0.718. The lowest BCUT2D eigenvalue weighted by Gasteiger charge is -2.21. The van der Waals surface area contributed by atoms with E-state index in [2.05, 4.69) is 0 Å². The highest BCUT2D eigenvalue weighted by Gasteiger charge is 2.30. The molecule has 0 aromatic heterocycles. The number of ether oxygens (including phenoxy) is 1. The fraction of sp³-hybridized carbons (Fsp3) is 0.538. The maximum absolute atomic E-state index is 11.9. The summed E-state index contributed by atoms with van der Waals surface area (Å²) < 4.78 is 28.8. The van der Waals surface area contributed by atoms with Crippen molar-refractivity contribution in [3.8, 4) is 5.75 Å². The van der Waals surface area contributed by atoms with Gasteiger partial charge in [-0.25, -0.2) is 8.42 Å². The number of hydrogen-bond donors (Lipinski definition) is 1. The number of methoxy groups -OCH3 is 1. The molecule has 5 heteroatoms. The standard InChI is InChI=1S/C13H20O4S/c1-4-12(18(15,16)5-2)13(14)10-6-8-11(17-3)9-7-10/h6-9,12-14H,4-5H2,1-3H3/t12-,13-/m1/s1. The van der Waals surface area contributed by atoms with Crippen LogP contribution in [0.4, 0.5) is 0 Å². The molecule has 0 bridgehead atoms. The predicted octanol–water partition coefficient (Wildman–Crippen LogP) is 1.94. The van der Waals surface area contributed by atoms with Gasteiger partial charge < -0.3 is 9.84 Å². The highest BCUT2D eigenvalue weighted by molar-refractivity contribution is 7.92. The van der Waals surface area contributed by atoms with Gasteiger partial charge >= 0.3 is 0 Å². The minimum absolute atomic E-state index is 0.0404. The number of benzene rings is 1. The molecule has 1 N–H and O–H groups in total. The summed E-state index contributed by atoms with van der Waals surface area (Å²) >= 11 is 0. The second-order valence-electron chi connectivity index (χ2n) is 4.12. The second-order valence-corrected chi connectivity index (χ2v) is 6.62. The first-order chi connectivity index (χ1) is 8.46. The van der Waals surface area contributed by atoms with E-state index in [1.54, 1.807) is 45.2 Å². The number of rotatable bonds is 6. The van der Waals surface area contributed by atoms with Crippen molar-refractivity contribution in [2.24, 2.45) is 0 Å². The van der Waals surface area contributed by atoms with E-state index in [1.165, 1.54) is 0 Å². The minimum atomic E-state index is -3.25. The molecule has 2 atom stereocenters. The molecule has 0 aliphatic rings. The first-order valence-corrected chi connectivity index (χ1v) is 7.71. The summed E-state index contributed by atoms with van der Waals surface area (Å²) in [6, 6.07) is 6.81. The Bertz CT molecular complexity index is 464. The molecular formula is C13H20O4S. The smallest absolute Gasteiger partial charge is 0.155 e. The highest BCUT2D eigenvalue weighted by Crippen LogP contribution is 2.26.